The van der Waals surface area contributed by atoms with Crippen LogP contribution in [-0.2, 0) is 5.41 Å². The molecule has 7 rings (SSSR count). The molecule has 4 heteroatoms. The number of nitrogens with zero attached hydrogens (tertiary/aromatic N) is 4. The molecule has 0 radical (unpaired) electrons. The van der Waals surface area contributed by atoms with Crippen LogP contribution >= 0.6 is 0 Å². The molecule has 1 saturated carbocycles. The molecule has 1 aliphatic heterocycles. The molecule has 0 N–H and O–H groups in total. The summed E-state index contributed by atoms with van der Waals surface area (Å²) in [4.78, 5) is 9.38. The van der Waals surface area contributed by atoms with Gasteiger partial charge in [-0.3, -0.25) is 4.98 Å². The molecule has 0 unspecified atom stereocenters. The van der Waals surface area contributed by atoms with Crippen molar-refractivity contribution in [3.05, 3.63) is 115 Å². The number of anilines is 1. The molecule has 5 aromatic rings. The summed E-state index contributed by atoms with van der Waals surface area (Å²) in [5, 5.41) is 2.58. The number of pyridine rings is 1. The number of benzene rings is 3. The summed E-state index contributed by atoms with van der Waals surface area (Å²) in [6, 6.07) is 31.3. The number of hydrogen-bond acceptors (Lipinski definition) is 3. The lowest BCUT2D eigenvalue weighted by Gasteiger charge is -2.37. The van der Waals surface area contributed by atoms with E-state index >= 15 is 0 Å². The number of rotatable bonds is 4. The molecular weight excluding hydrogens is 452 g/mol. The number of aromatic nitrogens is 2. The molecule has 1 fully saturated rings. The number of para-hydroxylation sites is 1. The van der Waals surface area contributed by atoms with E-state index in [9.17, 15) is 0 Å². The summed E-state index contributed by atoms with van der Waals surface area (Å²) in [7, 11) is 2.11. The Bertz CT molecular complexity index is 1610. The first-order chi connectivity index (χ1) is 18.2. The summed E-state index contributed by atoms with van der Waals surface area (Å²) < 4.78 is 2.45. The van der Waals surface area contributed by atoms with Gasteiger partial charge >= 0.3 is 0 Å². The third kappa shape index (κ3) is 3.62. The fraction of sp³-hybridized carbons (Fsp3) is 0.242. The van der Waals surface area contributed by atoms with Crippen molar-refractivity contribution in [3.8, 4) is 5.69 Å². The Morgan fingerprint density at radius 2 is 1.54 bits per heavy atom. The van der Waals surface area contributed by atoms with Gasteiger partial charge in [-0.25, -0.2) is 0 Å². The molecule has 2 aliphatic rings. The van der Waals surface area contributed by atoms with E-state index in [-0.39, 0.29) is 5.41 Å². The zero-order chi connectivity index (χ0) is 24.8. The van der Waals surface area contributed by atoms with Crippen molar-refractivity contribution >= 4 is 27.5 Å². The molecule has 2 aromatic heterocycles. The highest BCUT2D eigenvalue weighted by Gasteiger charge is 2.37. The first-order valence-electron chi connectivity index (χ1n) is 13.4. The van der Waals surface area contributed by atoms with Gasteiger partial charge in [0.15, 0.2) is 0 Å². The smallest absolute Gasteiger partial charge is 0.0938 e. The standard InChI is InChI=1S/C33H32N4/c1-35-20-21-36(24-35)26-15-16-29-28-12-3-4-13-30(28)37(31(29)23-26)27-11-9-10-25(22-27)33(17-6-2-7-18-33)32-14-5-8-19-34-32/h3-5,8-16,19-23H,2,6-7,17-18,24H2,1H3. The zero-order valence-electron chi connectivity index (χ0n) is 21.3. The lowest BCUT2D eigenvalue weighted by atomic mass is 9.67. The first-order valence-corrected chi connectivity index (χ1v) is 13.4. The van der Waals surface area contributed by atoms with Gasteiger partial charge < -0.3 is 14.4 Å². The van der Waals surface area contributed by atoms with Gasteiger partial charge in [0.05, 0.1) is 23.4 Å². The molecule has 3 heterocycles. The molecule has 0 saturated heterocycles. The minimum Gasteiger partial charge on any atom is -0.361 e. The van der Waals surface area contributed by atoms with E-state index in [4.69, 9.17) is 4.98 Å². The quantitative estimate of drug-likeness (QED) is 0.262. The van der Waals surface area contributed by atoms with E-state index in [2.05, 4.69) is 113 Å². The molecule has 0 bridgehead atoms. The summed E-state index contributed by atoms with van der Waals surface area (Å²) >= 11 is 0. The Balaban J connectivity index is 1.43. The van der Waals surface area contributed by atoms with Crippen LogP contribution in [0.25, 0.3) is 27.5 Å². The van der Waals surface area contributed by atoms with Crippen LogP contribution in [0.2, 0.25) is 0 Å². The first kappa shape index (κ1) is 22.2. The highest BCUT2D eigenvalue weighted by molar-refractivity contribution is 6.10. The van der Waals surface area contributed by atoms with Crippen molar-refractivity contribution in [2.45, 2.75) is 37.5 Å². The van der Waals surface area contributed by atoms with E-state index in [1.54, 1.807) is 0 Å². The second-order valence-corrected chi connectivity index (χ2v) is 10.6. The van der Waals surface area contributed by atoms with Crippen LogP contribution in [0.15, 0.2) is 104 Å². The van der Waals surface area contributed by atoms with Gasteiger partial charge in [-0.2, -0.15) is 0 Å². The molecule has 0 atom stereocenters. The van der Waals surface area contributed by atoms with Gasteiger partial charge in [0.25, 0.3) is 0 Å². The average Bonchev–Trinajstić information content (AvgIpc) is 3.55. The molecule has 4 nitrogen and oxygen atoms in total. The highest BCUT2D eigenvalue weighted by atomic mass is 15.3. The van der Waals surface area contributed by atoms with E-state index < -0.39 is 0 Å². The Hall–Kier alpha value is -4.05. The Kier molecular flexibility index (Phi) is 5.28. The molecule has 184 valence electrons. The Morgan fingerprint density at radius 3 is 2.35 bits per heavy atom. The second-order valence-electron chi connectivity index (χ2n) is 10.6. The minimum atomic E-state index is -0.0234. The van der Waals surface area contributed by atoms with Gasteiger partial charge in [0, 0.05) is 53.2 Å². The third-order valence-electron chi connectivity index (χ3n) is 8.38. The lowest BCUT2D eigenvalue weighted by Crippen LogP contribution is -2.31. The van der Waals surface area contributed by atoms with E-state index in [1.807, 2.05) is 12.3 Å². The van der Waals surface area contributed by atoms with Crippen molar-refractivity contribution < 1.29 is 0 Å². The van der Waals surface area contributed by atoms with E-state index in [0.717, 1.165) is 19.5 Å². The minimum absolute atomic E-state index is 0.0234. The molecular formula is C33H32N4. The number of hydrogen-bond donors (Lipinski definition) is 0. The maximum atomic E-state index is 4.88. The van der Waals surface area contributed by atoms with Crippen molar-refractivity contribution in [2.75, 3.05) is 18.6 Å². The molecule has 37 heavy (non-hydrogen) atoms. The second kappa shape index (κ2) is 8.81. The summed E-state index contributed by atoms with van der Waals surface area (Å²) in [6.07, 6.45) is 12.4. The monoisotopic (exact) mass is 484 g/mol. The van der Waals surface area contributed by atoms with E-state index in [0.29, 0.717) is 0 Å². The van der Waals surface area contributed by atoms with Crippen LogP contribution in [0.4, 0.5) is 5.69 Å². The van der Waals surface area contributed by atoms with Crippen LogP contribution in [0.5, 0.6) is 0 Å². The summed E-state index contributed by atoms with van der Waals surface area (Å²) in [5.74, 6) is 0. The maximum Gasteiger partial charge on any atom is 0.0938 e. The number of fused-ring (bicyclic) bond motifs is 3. The van der Waals surface area contributed by atoms with Crippen LogP contribution in [0, 0.1) is 0 Å². The predicted octanol–water partition coefficient (Wildman–Crippen LogP) is 7.61. The molecule has 0 amide bonds. The van der Waals surface area contributed by atoms with Gasteiger partial charge in [-0.15, -0.1) is 0 Å². The van der Waals surface area contributed by atoms with Crippen molar-refractivity contribution in [2.24, 2.45) is 0 Å². The van der Waals surface area contributed by atoms with Crippen LogP contribution in [0.1, 0.15) is 43.4 Å². The average molecular weight is 485 g/mol. The van der Waals surface area contributed by atoms with Crippen LogP contribution in [-0.4, -0.2) is 28.2 Å². The van der Waals surface area contributed by atoms with Crippen LogP contribution < -0.4 is 4.90 Å². The van der Waals surface area contributed by atoms with Crippen LogP contribution in [0.3, 0.4) is 0 Å². The lowest BCUT2D eigenvalue weighted by molar-refractivity contribution is 0.338. The fourth-order valence-corrected chi connectivity index (χ4v) is 6.55. The summed E-state index contributed by atoms with van der Waals surface area (Å²) in [6.45, 7) is 0.869. The summed E-state index contributed by atoms with van der Waals surface area (Å²) in [5.41, 5.74) is 7.49. The topological polar surface area (TPSA) is 24.3 Å². The van der Waals surface area contributed by atoms with Crippen molar-refractivity contribution in [1.82, 2.24) is 14.5 Å². The molecule has 3 aromatic carbocycles. The van der Waals surface area contributed by atoms with Gasteiger partial charge in [-0.05, 0) is 60.9 Å². The predicted molar refractivity (Wildman–Crippen MR) is 153 cm³/mol. The SMILES string of the molecule is CN1C=CN(c2ccc3c4ccccc4n(-c4cccc(C5(c6ccccn6)CCCCC5)c4)c3c2)C1. The maximum absolute atomic E-state index is 4.88. The largest absolute Gasteiger partial charge is 0.361 e. The van der Waals surface area contributed by atoms with Gasteiger partial charge in [0.1, 0.15) is 0 Å². The zero-order valence-corrected chi connectivity index (χ0v) is 21.3. The fourth-order valence-electron chi connectivity index (χ4n) is 6.55. The van der Waals surface area contributed by atoms with Gasteiger partial charge in [-0.1, -0.05) is 61.7 Å². The Labute approximate surface area is 218 Å². The third-order valence-corrected chi connectivity index (χ3v) is 8.38. The molecule has 1 aliphatic carbocycles. The molecule has 0 spiro atoms. The van der Waals surface area contributed by atoms with Crippen molar-refractivity contribution in [1.29, 1.82) is 0 Å². The highest BCUT2D eigenvalue weighted by Crippen LogP contribution is 2.45. The normalized spacial score (nSPS) is 17.2. The van der Waals surface area contributed by atoms with Gasteiger partial charge in [0.2, 0.25) is 0 Å². The van der Waals surface area contributed by atoms with E-state index in [1.165, 1.54) is 63.7 Å². The Morgan fingerprint density at radius 1 is 0.703 bits per heavy atom. The van der Waals surface area contributed by atoms with Crippen molar-refractivity contribution in [3.63, 3.8) is 0 Å².